The van der Waals surface area contributed by atoms with Crippen molar-refractivity contribution in [3.05, 3.63) is 59.5 Å². The second-order valence-corrected chi connectivity index (χ2v) is 4.27. The normalized spacial score (nSPS) is 14.4. The molecule has 0 aromatic heterocycles. The quantitative estimate of drug-likeness (QED) is 0.811. The minimum absolute atomic E-state index is 0.0486. The van der Waals surface area contributed by atoms with Gasteiger partial charge in [0.1, 0.15) is 0 Å². The molecule has 1 aromatic carbocycles. The first-order valence-corrected chi connectivity index (χ1v) is 6.04. The van der Waals surface area contributed by atoms with Crippen molar-refractivity contribution >= 4 is 17.4 Å². The van der Waals surface area contributed by atoms with Crippen molar-refractivity contribution in [2.24, 2.45) is 0 Å². The van der Waals surface area contributed by atoms with Crippen molar-refractivity contribution in [3.8, 4) is 0 Å². The highest BCUT2D eigenvalue weighted by Gasteiger charge is 2.22. The number of nitrogens with one attached hydrogen (secondary N) is 2. The van der Waals surface area contributed by atoms with Crippen molar-refractivity contribution in [1.29, 1.82) is 5.41 Å². The molecule has 102 valence electrons. The first-order valence-electron chi connectivity index (χ1n) is 6.04. The smallest absolute Gasteiger partial charge is 0.243 e. The Bertz CT molecular complexity index is 615. The van der Waals surface area contributed by atoms with Gasteiger partial charge in [-0.2, -0.15) is 0 Å². The van der Waals surface area contributed by atoms with Gasteiger partial charge in [0.15, 0.2) is 5.76 Å². The molecule has 0 spiro atoms. The van der Waals surface area contributed by atoms with Crippen molar-refractivity contribution in [3.63, 3.8) is 0 Å². The lowest BCUT2D eigenvalue weighted by atomic mass is 10.1. The molecule has 2 rings (SSSR count). The Hall–Kier alpha value is -2.69. The highest BCUT2D eigenvalue weighted by molar-refractivity contribution is 6.20. The molecule has 0 saturated carbocycles. The molecule has 0 saturated heterocycles. The molecule has 0 fully saturated rings. The van der Waals surface area contributed by atoms with Crippen LogP contribution in [0, 0.1) is 5.41 Å². The highest BCUT2D eigenvalue weighted by Crippen LogP contribution is 2.12. The molecule has 0 aliphatic heterocycles. The summed E-state index contributed by atoms with van der Waals surface area (Å²) in [6.07, 6.45) is 2.80. The minimum Gasteiger partial charge on any atom is -0.492 e. The zero-order chi connectivity index (χ0) is 14.5. The Morgan fingerprint density at radius 3 is 2.60 bits per heavy atom. The zero-order valence-corrected chi connectivity index (χ0v) is 11.0. The van der Waals surface area contributed by atoms with Crippen LogP contribution in [0.4, 0.5) is 0 Å². The number of hydrogen-bond donors (Lipinski definition) is 2. The van der Waals surface area contributed by atoms with Crippen LogP contribution in [0.5, 0.6) is 0 Å². The predicted molar refractivity (Wildman–Crippen MR) is 74.2 cm³/mol. The number of hydrogen-bond acceptors (Lipinski definition) is 4. The van der Waals surface area contributed by atoms with E-state index in [0.29, 0.717) is 0 Å². The van der Waals surface area contributed by atoms with E-state index in [0.717, 1.165) is 5.56 Å². The van der Waals surface area contributed by atoms with Crippen LogP contribution in [0.3, 0.4) is 0 Å². The lowest BCUT2D eigenvalue weighted by Crippen LogP contribution is -2.32. The van der Waals surface area contributed by atoms with Gasteiger partial charge >= 0.3 is 0 Å². The average molecular weight is 270 g/mol. The Kier molecular flexibility index (Phi) is 4.10. The first-order chi connectivity index (χ1) is 9.60. The van der Waals surface area contributed by atoms with Gasteiger partial charge in [0, 0.05) is 6.08 Å². The molecule has 1 amide bonds. The maximum Gasteiger partial charge on any atom is 0.243 e. The third-order valence-electron chi connectivity index (χ3n) is 2.76. The van der Waals surface area contributed by atoms with Crippen LogP contribution in [0.15, 0.2) is 53.9 Å². The van der Waals surface area contributed by atoms with Crippen LogP contribution in [0.25, 0.3) is 0 Å². The molecular formula is C15H14N2O3. The van der Waals surface area contributed by atoms with E-state index in [9.17, 15) is 9.59 Å². The van der Waals surface area contributed by atoms with Crippen LogP contribution in [-0.2, 0) is 20.7 Å². The number of ether oxygens (including phenoxy) is 1. The van der Waals surface area contributed by atoms with Crippen LogP contribution in [0.2, 0.25) is 0 Å². The average Bonchev–Trinajstić information content (AvgIpc) is 2.43. The number of ketones is 1. The number of allylic oxidation sites excluding steroid dienone is 2. The fraction of sp³-hybridized carbons (Fsp3) is 0.133. The predicted octanol–water partition coefficient (Wildman–Crippen LogP) is 1.36. The van der Waals surface area contributed by atoms with Crippen LogP contribution in [-0.4, -0.2) is 24.5 Å². The first kappa shape index (κ1) is 13.7. The molecule has 1 aliphatic carbocycles. The third kappa shape index (κ3) is 3.20. The number of Topliss-reactive ketones (excluding diaryl/α,β-unsaturated/α-hetero) is 1. The summed E-state index contributed by atoms with van der Waals surface area (Å²) < 4.78 is 4.88. The number of benzene rings is 1. The molecule has 0 bridgehead atoms. The summed E-state index contributed by atoms with van der Waals surface area (Å²) in [5, 5.41) is 10.1. The van der Waals surface area contributed by atoms with Crippen LogP contribution in [0.1, 0.15) is 5.56 Å². The van der Waals surface area contributed by atoms with Gasteiger partial charge < -0.3 is 15.5 Å². The van der Waals surface area contributed by atoms with E-state index in [1.54, 1.807) is 0 Å². The van der Waals surface area contributed by atoms with Gasteiger partial charge in [-0.05, 0) is 11.6 Å². The number of amides is 1. The molecule has 1 aliphatic rings. The summed E-state index contributed by atoms with van der Waals surface area (Å²) >= 11 is 0. The fourth-order valence-electron chi connectivity index (χ4n) is 1.82. The van der Waals surface area contributed by atoms with E-state index in [1.165, 1.54) is 19.3 Å². The van der Waals surface area contributed by atoms with Crippen molar-refractivity contribution in [1.82, 2.24) is 5.32 Å². The van der Waals surface area contributed by atoms with Crippen molar-refractivity contribution < 1.29 is 14.3 Å². The van der Waals surface area contributed by atoms with Gasteiger partial charge in [0.25, 0.3) is 0 Å². The SMILES string of the molecule is COC1=CC(=N)C=C(NC(=O)Cc2ccccc2)C1=O. The van der Waals surface area contributed by atoms with Crippen molar-refractivity contribution in [2.75, 3.05) is 7.11 Å². The molecule has 5 heteroatoms. The standard InChI is InChI=1S/C15H14N2O3/c1-20-13-9-11(16)8-12(15(13)19)17-14(18)7-10-5-3-2-4-6-10/h2-6,8-9,16H,7H2,1H3,(H,17,18). The second kappa shape index (κ2) is 5.97. The zero-order valence-electron chi connectivity index (χ0n) is 11.0. The van der Waals surface area contributed by atoms with E-state index in [-0.39, 0.29) is 29.5 Å². The summed E-state index contributed by atoms with van der Waals surface area (Å²) in [4.78, 5) is 23.8. The lowest BCUT2D eigenvalue weighted by Gasteiger charge is -2.14. The molecular weight excluding hydrogens is 256 g/mol. The Morgan fingerprint density at radius 1 is 1.25 bits per heavy atom. The molecule has 0 radical (unpaired) electrons. The number of rotatable bonds is 4. The van der Waals surface area contributed by atoms with Crippen LogP contribution < -0.4 is 5.32 Å². The molecule has 1 aromatic rings. The molecule has 20 heavy (non-hydrogen) atoms. The molecule has 0 atom stereocenters. The van der Waals surface area contributed by atoms with Gasteiger partial charge in [0.05, 0.1) is 24.9 Å². The number of carbonyl (C=O) groups excluding carboxylic acids is 2. The van der Waals surface area contributed by atoms with Crippen LogP contribution >= 0.6 is 0 Å². The summed E-state index contributed by atoms with van der Waals surface area (Å²) in [6, 6.07) is 9.22. The van der Waals surface area contributed by atoms with Crippen molar-refractivity contribution in [2.45, 2.75) is 6.42 Å². The highest BCUT2D eigenvalue weighted by atomic mass is 16.5. The van der Waals surface area contributed by atoms with E-state index in [4.69, 9.17) is 10.1 Å². The Balaban J connectivity index is 2.05. The summed E-state index contributed by atoms with van der Waals surface area (Å²) in [7, 11) is 1.35. The molecule has 5 nitrogen and oxygen atoms in total. The molecule has 0 unspecified atom stereocenters. The minimum atomic E-state index is -0.426. The second-order valence-electron chi connectivity index (χ2n) is 4.27. The van der Waals surface area contributed by atoms with Gasteiger partial charge in [-0.3, -0.25) is 9.59 Å². The largest absolute Gasteiger partial charge is 0.492 e. The maximum absolute atomic E-state index is 11.9. The summed E-state index contributed by atoms with van der Waals surface area (Å²) in [5.74, 6) is -0.682. The van der Waals surface area contributed by atoms with E-state index in [2.05, 4.69) is 5.32 Å². The molecule has 2 N–H and O–H groups in total. The number of carbonyl (C=O) groups is 2. The van der Waals surface area contributed by atoms with Gasteiger partial charge in [-0.25, -0.2) is 0 Å². The van der Waals surface area contributed by atoms with Gasteiger partial charge in [-0.1, -0.05) is 30.3 Å². The maximum atomic E-state index is 11.9. The van der Waals surface area contributed by atoms with E-state index >= 15 is 0 Å². The number of methoxy groups -OCH3 is 1. The monoisotopic (exact) mass is 270 g/mol. The Labute approximate surface area is 116 Å². The Morgan fingerprint density at radius 2 is 1.95 bits per heavy atom. The van der Waals surface area contributed by atoms with Gasteiger partial charge in [0.2, 0.25) is 11.7 Å². The fourth-order valence-corrected chi connectivity index (χ4v) is 1.82. The summed E-state index contributed by atoms with van der Waals surface area (Å²) in [6.45, 7) is 0. The van der Waals surface area contributed by atoms with E-state index in [1.807, 2.05) is 30.3 Å². The lowest BCUT2D eigenvalue weighted by molar-refractivity contribution is -0.122. The van der Waals surface area contributed by atoms with Gasteiger partial charge in [-0.15, -0.1) is 0 Å². The summed E-state index contributed by atoms with van der Waals surface area (Å²) in [5.41, 5.74) is 1.03. The third-order valence-corrected chi connectivity index (χ3v) is 2.76. The molecule has 0 heterocycles. The topological polar surface area (TPSA) is 79.2 Å². The van der Waals surface area contributed by atoms with E-state index < -0.39 is 5.78 Å².